The predicted molar refractivity (Wildman–Crippen MR) is 202 cm³/mol. The summed E-state index contributed by atoms with van der Waals surface area (Å²) >= 11 is 0. The smallest absolute Gasteiger partial charge is 0.164 e. The lowest BCUT2D eigenvalue weighted by atomic mass is 9.76. The highest BCUT2D eigenvalue weighted by molar-refractivity contribution is 6.19. The molecule has 5 nitrogen and oxygen atoms in total. The fourth-order valence-electron chi connectivity index (χ4n) is 7.82. The molecule has 2 unspecified atom stereocenters. The van der Waals surface area contributed by atoms with Gasteiger partial charge in [0.1, 0.15) is 11.4 Å². The summed E-state index contributed by atoms with van der Waals surface area (Å²) in [5.41, 5.74) is 6.54. The van der Waals surface area contributed by atoms with Gasteiger partial charge in [0.25, 0.3) is 0 Å². The molecule has 0 saturated carbocycles. The number of hydrogen-bond acceptors (Lipinski definition) is 5. The number of nitrogens with zero attached hydrogens (tertiary/aromatic N) is 4. The van der Waals surface area contributed by atoms with Crippen molar-refractivity contribution in [2.45, 2.75) is 18.4 Å². The molecule has 236 valence electrons. The van der Waals surface area contributed by atoms with Crippen LogP contribution in [0, 0.1) is 0 Å². The van der Waals surface area contributed by atoms with Gasteiger partial charge in [0.2, 0.25) is 0 Å². The van der Waals surface area contributed by atoms with Crippen LogP contribution in [-0.2, 0) is 0 Å². The number of pyridine rings is 1. The lowest BCUT2D eigenvalue weighted by molar-refractivity contribution is 0.158. The van der Waals surface area contributed by atoms with Gasteiger partial charge in [-0.3, -0.25) is 4.98 Å². The zero-order valence-electron chi connectivity index (χ0n) is 27.3. The second-order valence-corrected chi connectivity index (χ2v) is 13.2. The number of allylic oxidation sites excluding steroid dienone is 2. The van der Waals surface area contributed by atoms with Crippen LogP contribution >= 0.6 is 0 Å². The Morgan fingerprint density at radius 1 is 0.600 bits per heavy atom. The fourth-order valence-corrected chi connectivity index (χ4v) is 7.82. The first-order chi connectivity index (χ1) is 24.6. The summed E-state index contributed by atoms with van der Waals surface area (Å²) in [6.07, 6.45) is 8.19. The first-order valence-electron chi connectivity index (χ1n) is 16.9. The molecule has 0 radical (unpaired) electrons. The van der Waals surface area contributed by atoms with Crippen molar-refractivity contribution in [3.63, 3.8) is 0 Å². The summed E-state index contributed by atoms with van der Waals surface area (Å²) in [7, 11) is 0. The molecule has 50 heavy (non-hydrogen) atoms. The van der Waals surface area contributed by atoms with Crippen molar-refractivity contribution in [2.24, 2.45) is 0 Å². The molecule has 8 aromatic rings. The minimum absolute atomic E-state index is 0.0798. The van der Waals surface area contributed by atoms with E-state index in [1.807, 2.05) is 30.5 Å². The summed E-state index contributed by atoms with van der Waals surface area (Å²) < 4.78 is 6.58. The van der Waals surface area contributed by atoms with E-state index in [0.717, 1.165) is 55.4 Å². The molecule has 3 heterocycles. The molecular weight excluding hydrogens is 613 g/mol. The standard InChI is InChI=1S/C45H30N4O/c1-45-25-10-18-37(41(45)35-17-7-8-19-39(35)50-45)44-48-42(31-15-9-14-30(27-31)28-11-3-2-4-12-28)47-43(49-44)36-24-26-46-38-23-22-33-32-16-6-5-13-29(32)20-21-34(33)40(36)38/h2-27,41H,1H3. The molecule has 0 amide bonds. The Kier molecular flexibility index (Phi) is 6.30. The maximum absolute atomic E-state index is 6.58. The molecule has 2 aromatic heterocycles. The minimum Gasteiger partial charge on any atom is -0.482 e. The Labute approximate surface area is 289 Å². The summed E-state index contributed by atoms with van der Waals surface area (Å²) in [5, 5.41) is 5.71. The molecule has 0 bridgehead atoms. The van der Waals surface area contributed by atoms with E-state index in [-0.39, 0.29) is 5.92 Å². The third-order valence-electron chi connectivity index (χ3n) is 10.1. The molecule has 0 spiro atoms. The highest BCUT2D eigenvalue weighted by atomic mass is 16.5. The molecular formula is C45H30N4O. The normalized spacial score (nSPS) is 17.8. The van der Waals surface area contributed by atoms with Crippen LogP contribution in [0.3, 0.4) is 0 Å². The van der Waals surface area contributed by atoms with Gasteiger partial charge in [0.15, 0.2) is 17.5 Å². The first-order valence-corrected chi connectivity index (χ1v) is 16.9. The van der Waals surface area contributed by atoms with Crippen LogP contribution in [0.15, 0.2) is 158 Å². The Morgan fingerprint density at radius 2 is 1.36 bits per heavy atom. The van der Waals surface area contributed by atoms with Crippen LogP contribution in [0.2, 0.25) is 0 Å². The third-order valence-corrected chi connectivity index (χ3v) is 10.1. The topological polar surface area (TPSA) is 60.8 Å². The maximum atomic E-state index is 6.58. The third kappa shape index (κ3) is 4.47. The Bertz CT molecular complexity index is 2720. The van der Waals surface area contributed by atoms with E-state index >= 15 is 0 Å². The van der Waals surface area contributed by atoms with Crippen molar-refractivity contribution in [3.8, 4) is 39.7 Å². The fraction of sp³-hybridized carbons (Fsp3) is 0.0667. The van der Waals surface area contributed by atoms with E-state index in [2.05, 4.69) is 134 Å². The number of ether oxygens (including phenoxy) is 1. The molecule has 1 aliphatic heterocycles. The monoisotopic (exact) mass is 642 g/mol. The summed E-state index contributed by atoms with van der Waals surface area (Å²) in [6.45, 7) is 2.14. The number of rotatable bonds is 4. The second-order valence-electron chi connectivity index (χ2n) is 13.2. The van der Waals surface area contributed by atoms with Crippen molar-refractivity contribution >= 4 is 38.0 Å². The zero-order chi connectivity index (χ0) is 33.2. The van der Waals surface area contributed by atoms with Gasteiger partial charge in [-0.25, -0.2) is 15.0 Å². The molecule has 2 atom stereocenters. The quantitative estimate of drug-likeness (QED) is 0.179. The minimum atomic E-state index is -0.561. The van der Waals surface area contributed by atoms with E-state index in [1.54, 1.807) is 0 Å². The average Bonchev–Trinajstić information content (AvgIpc) is 3.50. The number of benzene rings is 6. The van der Waals surface area contributed by atoms with Crippen molar-refractivity contribution in [1.82, 2.24) is 19.9 Å². The largest absolute Gasteiger partial charge is 0.482 e. The van der Waals surface area contributed by atoms with Gasteiger partial charge in [-0.1, -0.05) is 121 Å². The highest BCUT2D eigenvalue weighted by Gasteiger charge is 2.47. The molecule has 5 heteroatoms. The lowest BCUT2D eigenvalue weighted by Crippen LogP contribution is -2.34. The van der Waals surface area contributed by atoms with Gasteiger partial charge < -0.3 is 4.74 Å². The Balaban J connectivity index is 1.23. The van der Waals surface area contributed by atoms with Crippen LogP contribution in [0.4, 0.5) is 0 Å². The number of para-hydroxylation sites is 1. The Morgan fingerprint density at radius 3 is 2.30 bits per heavy atom. The SMILES string of the molecule is CC12C=CC=C(c3nc(-c4cccc(-c5ccccc5)c4)nc(-c4ccnc5ccc6c7ccccc7ccc6c45)n3)C1c1ccccc1O2. The second kappa shape index (κ2) is 11.0. The van der Waals surface area contributed by atoms with Gasteiger partial charge in [-0.2, -0.15) is 0 Å². The van der Waals surface area contributed by atoms with Crippen LogP contribution in [-0.4, -0.2) is 25.5 Å². The van der Waals surface area contributed by atoms with E-state index in [0.29, 0.717) is 17.5 Å². The molecule has 6 aromatic carbocycles. The molecule has 2 aliphatic rings. The molecule has 10 rings (SSSR count). The van der Waals surface area contributed by atoms with E-state index in [4.69, 9.17) is 24.7 Å². The molecule has 0 fully saturated rings. The van der Waals surface area contributed by atoms with Crippen molar-refractivity contribution in [2.75, 3.05) is 0 Å². The first kappa shape index (κ1) is 28.5. The van der Waals surface area contributed by atoms with Crippen LogP contribution < -0.4 is 4.74 Å². The maximum Gasteiger partial charge on any atom is 0.164 e. The lowest BCUT2D eigenvalue weighted by Gasteiger charge is -2.31. The van der Waals surface area contributed by atoms with E-state index < -0.39 is 5.60 Å². The molecule has 0 N–H and O–H groups in total. The summed E-state index contributed by atoms with van der Waals surface area (Å²) in [6, 6.07) is 46.3. The Hall–Kier alpha value is -6.46. The van der Waals surface area contributed by atoms with Crippen LogP contribution in [0.25, 0.3) is 71.9 Å². The van der Waals surface area contributed by atoms with Crippen LogP contribution in [0.5, 0.6) is 5.75 Å². The average molecular weight is 643 g/mol. The number of hydrogen-bond donors (Lipinski definition) is 0. The van der Waals surface area contributed by atoms with E-state index in [9.17, 15) is 0 Å². The van der Waals surface area contributed by atoms with Gasteiger partial charge in [0.05, 0.1) is 11.4 Å². The number of aromatic nitrogens is 4. The van der Waals surface area contributed by atoms with Crippen molar-refractivity contribution < 1.29 is 4.74 Å². The molecule has 1 aliphatic carbocycles. The van der Waals surface area contributed by atoms with Gasteiger partial charge in [-0.15, -0.1) is 0 Å². The highest BCUT2D eigenvalue weighted by Crippen LogP contribution is 2.53. The predicted octanol–water partition coefficient (Wildman–Crippen LogP) is 10.6. The van der Waals surface area contributed by atoms with Gasteiger partial charge in [0, 0.05) is 33.8 Å². The van der Waals surface area contributed by atoms with Gasteiger partial charge >= 0.3 is 0 Å². The zero-order valence-corrected chi connectivity index (χ0v) is 27.3. The van der Waals surface area contributed by atoms with E-state index in [1.165, 1.54) is 16.2 Å². The van der Waals surface area contributed by atoms with Gasteiger partial charge in [-0.05, 0) is 69.9 Å². The van der Waals surface area contributed by atoms with Crippen LogP contribution in [0.1, 0.15) is 24.2 Å². The summed E-state index contributed by atoms with van der Waals surface area (Å²) in [4.78, 5) is 20.6. The molecule has 0 saturated heterocycles. The van der Waals surface area contributed by atoms with Crippen molar-refractivity contribution in [3.05, 3.63) is 169 Å². The summed E-state index contributed by atoms with van der Waals surface area (Å²) in [5.74, 6) is 2.66. The number of fused-ring (bicyclic) bond motifs is 8. The van der Waals surface area contributed by atoms with Crippen molar-refractivity contribution in [1.29, 1.82) is 0 Å².